The first-order valence-electron chi connectivity index (χ1n) is 8.96. The van der Waals surface area contributed by atoms with E-state index in [1.54, 1.807) is 36.7 Å². The molecule has 0 spiro atoms. The first-order valence-corrected chi connectivity index (χ1v) is 9.72. The monoisotopic (exact) mass is 450 g/mol. The number of fused-ring (bicyclic) bond motifs is 1. The van der Waals surface area contributed by atoms with Crippen LogP contribution in [0.1, 0.15) is 38.0 Å². The predicted octanol–water partition coefficient (Wildman–Crippen LogP) is 3.96. The van der Waals surface area contributed by atoms with E-state index in [-0.39, 0.29) is 22.2 Å². The third-order valence-corrected chi connectivity index (χ3v) is 5.89. The number of carboxylic acids is 1. The van der Waals surface area contributed by atoms with Crippen LogP contribution in [0.4, 0.5) is 0 Å². The van der Waals surface area contributed by atoms with E-state index in [0.29, 0.717) is 33.5 Å². The molecular weight excluding hydrogens is 431 g/mol. The number of methoxy groups -OCH3 is 1. The van der Waals surface area contributed by atoms with E-state index in [2.05, 4.69) is 5.32 Å². The summed E-state index contributed by atoms with van der Waals surface area (Å²) in [6.07, 6.45) is 0. The van der Waals surface area contributed by atoms with Gasteiger partial charge in [0.15, 0.2) is 0 Å². The van der Waals surface area contributed by atoms with E-state index < -0.39 is 17.9 Å². The molecule has 1 atom stereocenters. The van der Waals surface area contributed by atoms with E-state index in [9.17, 15) is 14.7 Å². The highest BCUT2D eigenvalue weighted by molar-refractivity contribution is 6.46. The Balaban J connectivity index is 1.96. The normalized spacial score (nSPS) is 12.1. The number of halogens is 2. The highest BCUT2D eigenvalue weighted by atomic mass is 35.5. The molecule has 0 aliphatic carbocycles. The summed E-state index contributed by atoms with van der Waals surface area (Å²) in [6, 6.07) is 7.11. The third kappa shape index (κ3) is 3.84. The molecule has 0 fully saturated rings. The van der Waals surface area contributed by atoms with Gasteiger partial charge in [-0.15, -0.1) is 0 Å². The van der Waals surface area contributed by atoms with Gasteiger partial charge in [-0.3, -0.25) is 4.79 Å². The maximum Gasteiger partial charge on any atom is 0.335 e. The second kappa shape index (κ2) is 8.55. The Hall–Kier alpha value is -2.74. The molecule has 158 valence electrons. The number of nitrogens with zero attached hydrogens (tertiary/aromatic N) is 1. The maximum atomic E-state index is 13.0. The molecule has 2 aromatic carbocycles. The highest BCUT2D eigenvalue weighted by Gasteiger charge is 2.22. The molecule has 0 bridgehead atoms. The summed E-state index contributed by atoms with van der Waals surface area (Å²) in [6.45, 7) is 1.37. The standard InChI is InChI=1S/C21H20Cl2N2O5/c1-10-6-11(21(28)29)4-5-12(10)14(9-26)24-20(27)16-7-13-15(25(16)2)8-17(30-3)19(23)18(13)22/h4-8,14,26H,9H2,1-3H3,(H,24,27)(H,28,29). The van der Waals surface area contributed by atoms with Crippen molar-refractivity contribution < 1.29 is 24.5 Å². The van der Waals surface area contributed by atoms with Crippen LogP contribution < -0.4 is 10.1 Å². The molecule has 3 rings (SSSR count). The number of rotatable bonds is 6. The number of aryl methyl sites for hydroxylation is 2. The number of amides is 1. The number of hydrogen-bond acceptors (Lipinski definition) is 4. The molecule has 30 heavy (non-hydrogen) atoms. The number of nitrogens with one attached hydrogen (secondary N) is 1. The lowest BCUT2D eigenvalue weighted by molar-refractivity contribution is 0.0696. The van der Waals surface area contributed by atoms with Crippen molar-refractivity contribution in [3.8, 4) is 5.75 Å². The van der Waals surface area contributed by atoms with Crippen molar-refractivity contribution in [2.75, 3.05) is 13.7 Å². The van der Waals surface area contributed by atoms with Crippen LogP contribution in [-0.4, -0.2) is 40.4 Å². The number of hydrogen-bond donors (Lipinski definition) is 3. The Morgan fingerprint density at radius 3 is 2.47 bits per heavy atom. The van der Waals surface area contributed by atoms with Crippen molar-refractivity contribution in [2.45, 2.75) is 13.0 Å². The fourth-order valence-electron chi connectivity index (χ4n) is 3.40. The van der Waals surface area contributed by atoms with E-state index in [4.69, 9.17) is 33.0 Å². The topological polar surface area (TPSA) is 101 Å². The first kappa shape index (κ1) is 22.0. The molecule has 1 amide bonds. The Kier molecular flexibility index (Phi) is 6.26. The molecule has 1 unspecified atom stereocenters. The van der Waals surface area contributed by atoms with E-state index in [0.717, 1.165) is 0 Å². The summed E-state index contributed by atoms with van der Waals surface area (Å²) < 4.78 is 6.89. The van der Waals surface area contributed by atoms with Gasteiger partial charge < -0.3 is 24.8 Å². The van der Waals surface area contributed by atoms with Crippen LogP contribution in [0.3, 0.4) is 0 Å². The number of carbonyl (C=O) groups excluding carboxylic acids is 1. The van der Waals surface area contributed by atoms with Gasteiger partial charge in [-0.05, 0) is 36.2 Å². The molecule has 7 nitrogen and oxygen atoms in total. The lowest BCUT2D eigenvalue weighted by atomic mass is 9.99. The Morgan fingerprint density at radius 1 is 1.20 bits per heavy atom. The lowest BCUT2D eigenvalue weighted by Crippen LogP contribution is -2.32. The summed E-state index contributed by atoms with van der Waals surface area (Å²) in [5, 5.41) is 22.9. The zero-order valence-electron chi connectivity index (χ0n) is 16.5. The molecule has 0 aliphatic heterocycles. The minimum absolute atomic E-state index is 0.133. The fourth-order valence-corrected chi connectivity index (χ4v) is 3.88. The van der Waals surface area contributed by atoms with Crippen LogP contribution in [0, 0.1) is 6.92 Å². The Bertz CT molecular complexity index is 1160. The summed E-state index contributed by atoms with van der Waals surface area (Å²) in [7, 11) is 3.19. The van der Waals surface area contributed by atoms with Crippen LogP contribution in [0.25, 0.3) is 10.9 Å². The number of aliphatic hydroxyl groups excluding tert-OH is 1. The van der Waals surface area contributed by atoms with Gasteiger partial charge in [0.1, 0.15) is 16.5 Å². The van der Waals surface area contributed by atoms with E-state index >= 15 is 0 Å². The van der Waals surface area contributed by atoms with Crippen molar-refractivity contribution in [1.29, 1.82) is 0 Å². The van der Waals surface area contributed by atoms with Gasteiger partial charge in [0.05, 0.1) is 35.9 Å². The quantitative estimate of drug-likeness (QED) is 0.527. The Morgan fingerprint density at radius 2 is 1.90 bits per heavy atom. The Labute approximate surface area is 182 Å². The van der Waals surface area contributed by atoms with Crippen LogP contribution >= 0.6 is 23.2 Å². The number of carboxylic acid groups (broad SMARTS) is 1. The highest BCUT2D eigenvalue weighted by Crippen LogP contribution is 2.39. The molecule has 0 saturated heterocycles. The van der Waals surface area contributed by atoms with Crippen molar-refractivity contribution in [2.24, 2.45) is 7.05 Å². The number of aromatic carboxylic acids is 1. The van der Waals surface area contributed by atoms with Gasteiger partial charge in [0, 0.05) is 18.5 Å². The molecule has 0 radical (unpaired) electrons. The van der Waals surface area contributed by atoms with Gasteiger partial charge in [0.2, 0.25) is 0 Å². The number of carbonyl (C=O) groups is 2. The van der Waals surface area contributed by atoms with Crippen LogP contribution in [0.15, 0.2) is 30.3 Å². The van der Waals surface area contributed by atoms with Crippen molar-refractivity contribution in [3.63, 3.8) is 0 Å². The van der Waals surface area contributed by atoms with Crippen molar-refractivity contribution in [3.05, 3.63) is 62.8 Å². The van der Waals surface area contributed by atoms with E-state index in [1.807, 2.05) is 0 Å². The zero-order valence-corrected chi connectivity index (χ0v) is 18.0. The van der Waals surface area contributed by atoms with Crippen LogP contribution in [0.2, 0.25) is 10.0 Å². The van der Waals surface area contributed by atoms with Gasteiger partial charge in [-0.2, -0.15) is 0 Å². The largest absolute Gasteiger partial charge is 0.495 e. The van der Waals surface area contributed by atoms with Crippen LogP contribution in [-0.2, 0) is 7.05 Å². The first-order chi connectivity index (χ1) is 14.2. The molecule has 9 heteroatoms. The number of aromatic nitrogens is 1. The van der Waals surface area contributed by atoms with Gasteiger partial charge in [-0.1, -0.05) is 29.3 Å². The summed E-state index contributed by atoms with van der Waals surface area (Å²) in [4.78, 5) is 24.1. The smallest absolute Gasteiger partial charge is 0.335 e. The van der Waals surface area contributed by atoms with Crippen molar-refractivity contribution >= 4 is 46.0 Å². The second-order valence-corrected chi connectivity index (χ2v) is 7.57. The lowest BCUT2D eigenvalue weighted by Gasteiger charge is -2.19. The molecule has 3 aromatic rings. The van der Waals surface area contributed by atoms with Crippen LogP contribution in [0.5, 0.6) is 5.75 Å². The number of aliphatic hydroxyl groups is 1. The van der Waals surface area contributed by atoms with Gasteiger partial charge in [-0.25, -0.2) is 4.79 Å². The molecule has 1 aromatic heterocycles. The fraction of sp³-hybridized carbons (Fsp3) is 0.238. The minimum Gasteiger partial charge on any atom is -0.495 e. The predicted molar refractivity (Wildman–Crippen MR) is 115 cm³/mol. The third-order valence-electron chi connectivity index (χ3n) is 5.03. The van der Waals surface area contributed by atoms with Crippen molar-refractivity contribution in [1.82, 2.24) is 9.88 Å². The SMILES string of the molecule is COc1cc2c(cc(C(=O)NC(CO)c3ccc(C(=O)O)cc3C)n2C)c(Cl)c1Cl. The average molecular weight is 451 g/mol. The summed E-state index contributed by atoms with van der Waals surface area (Å²) in [5.74, 6) is -1.08. The van der Waals surface area contributed by atoms with Gasteiger partial charge in [0.25, 0.3) is 5.91 Å². The second-order valence-electron chi connectivity index (χ2n) is 6.81. The molecule has 0 saturated carbocycles. The number of benzene rings is 2. The van der Waals surface area contributed by atoms with E-state index in [1.165, 1.54) is 19.2 Å². The molecule has 3 N–H and O–H groups in total. The summed E-state index contributed by atoms with van der Waals surface area (Å²) in [5.41, 5.74) is 2.38. The molecule has 1 heterocycles. The average Bonchev–Trinajstić information content (AvgIpc) is 3.05. The number of ether oxygens (including phenoxy) is 1. The summed E-state index contributed by atoms with van der Waals surface area (Å²) >= 11 is 12.6. The minimum atomic E-state index is -1.05. The maximum absolute atomic E-state index is 13.0. The zero-order chi connectivity index (χ0) is 22.2. The van der Waals surface area contributed by atoms with Gasteiger partial charge >= 0.3 is 5.97 Å². The molecular formula is C21H20Cl2N2O5. The molecule has 0 aliphatic rings.